The van der Waals surface area contributed by atoms with Gasteiger partial charge in [-0.3, -0.25) is 9.59 Å². The van der Waals surface area contributed by atoms with E-state index in [4.69, 9.17) is 5.73 Å². The van der Waals surface area contributed by atoms with Gasteiger partial charge < -0.3 is 15.6 Å². The van der Waals surface area contributed by atoms with Crippen molar-refractivity contribution < 1.29 is 4.79 Å². The van der Waals surface area contributed by atoms with Crippen LogP contribution in [0.25, 0.3) is 0 Å². The number of carbonyl (C=O) groups excluding carboxylic acids is 1. The van der Waals surface area contributed by atoms with Crippen LogP contribution in [-0.2, 0) is 11.8 Å². The van der Waals surface area contributed by atoms with Gasteiger partial charge in [0, 0.05) is 13.2 Å². The summed E-state index contributed by atoms with van der Waals surface area (Å²) in [5, 5.41) is 2.71. The summed E-state index contributed by atoms with van der Waals surface area (Å²) in [6.45, 7) is 3.92. The minimum atomic E-state index is -0.550. The summed E-state index contributed by atoms with van der Waals surface area (Å²) < 4.78 is 1.80. The smallest absolute Gasteiger partial charge is 0.264 e. The highest BCUT2D eigenvalue weighted by Gasteiger charge is 2.19. The van der Waals surface area contributed by atoms with Gasteiger partial charge in [0.05, 0.1) is 16.2 Å². The first-order valence-electron chi connectivity index (χ1n) is 5.79. The molecule has 108 valence electrons. The lowest BCUT2D eigenvalue weighted by Gasteiger charge is -2.18. The molecule has 0 bridgehead atoms. The molecule has 0 radical (unpaired) electrons. The highest BCUT2D eigenvalue weighted by molar-refractivity contribution is 9.10. The average molecular weight is 353 g/mol. The molecule has 0 aliphatic rings. The normalized spacial score (nSPS) is 13.3. The minimum Gasteiger partial charge on any atom is -0.323 e. The van der Waals surface area contributed by atoms with E-state index in [0.29, 0.717) is 10.2 Å². The molecule has 0 aliphatic carbocycles. The second-order valence-electron chi connectivity index (χ2n) is 4.39. The highest BCUT2D eigenvalue weighted by Crippen LogP contribution is 2.13. The molecule has 2 unspecified atom stereocenters. The number of anilines is 1. The van der Waals surface area contributed by atoms with Gasteiger partial charge in [-0.15, -0.1) is 12.4 Å². The van der Waals surface area contributed by atoms with Crippen LogP contribution in [0.2, 0.25) is 0 Å². The molecule has 0 spiro atoms. The summed E-state index contributed by atoms with van der Waals surface area (Å²) in [7, 11) is 1.62. The van der Waals surface area contributed by atoms with E-state index in [2.05, 4.69) is 21.2 Å². The summed E-state index contributed by atoms with van der Waals surface area (Å²) in [4.78, 5) is 23.4. The summed E-state index contributed by atoms with van der Waals surface area (Å²) in [5.74, 6) is -0.129. The first-order valence-corrected chi connectivity index (χ1v) is 6.58. The van der Waals surface area contributed by atoms with Crippen molar-refractivity contribution in [2.24, 2.45) is 18.7 Å². The maximum Gasteiger partial charge on any atom is 0.264 e. The third kappa shape index (κ3) is 4.63. The van der Waals surface area contributed by atoms with Crippen molar-refractivity contribution in [3.8, 4) is 0 Å². The fraction of sp³-hybridized carbons (Fsp3) is 0.500. The van der Waals surface area contributed by atoms with Crippen molar-refractivity contribution in [2.75, 3.05) is 5.32 Å². The third-order valence-electron chi connectivity index (χ3n) is 2.97. The van der Waals surface area contributed by atoms with Crippen molar-refractivity contribution in [2.45, 2.75) is 26.3 Å². The van der Waals surface area contributed by atoms with Crippen LogP contribution in [0.1, 0.15) is 20.3 Å². The molecule has 0 saturated carbocycles. The number of nitrogens with two attached hydrogens (primary N) is 1. The van der Waals surface area contributed by atoms with E-state index in [1.807, 2.05) is 13.8 Å². The number of amides is 1. The number of aromatic nitrogens is 1. The molecule has 0 saturated heterocycles. The Morgan fingerprint density at radius 1 is 1.58 bits per heavy atom. The Bertz CT molecular complexity index is 478. The zero-order valence-electron chi connectivity index (χ0n) is 11.1. The average Bonchev–Trinajstić information content (AvgIpc) is 2.33. The molecule has 0 fully saturated rings. The summed E-state index contributed by atoms with van der Waals surface area (Å²) in [6.07, 6.45) is 2.40. The number of carbonyl (C=O) groups is 1. The highest BCUT2D eigenvalue weighted by atomic mass is 79.9. The second kappa shape index (κ2) is 7.67. The molecular formula is C12H19BrClN3O2. The standard InChI is InChI=1S/C12H18BrN3O2.ClH/c1-4-7(2)10(14)11(17)15-8-5-9(13)12(18)16(3)6-8;/h5-7,10H,4,14H2,1-3H3,(H,15,17);1H. The Hall–Kier alpha value is -0.850. The zero-order chi connectivity index (χ0) is 13.9. The lowest BCUT2D eigenvalue weighted by Crippen LogP contribution is -2.40. The van der Waals surface area contributed by atoms with Crippen LogP contribution in [0.3, 0.4) is 0 Å². The zero-order valence-corrected chi connectivity index (χ0v) is 13.5. The Morgan fingerprint density at radius 3 is 2.63 bits per heavy atom. The van der Waals surface area contributed by atoms with Crippen LogP contribution in [-0.4, -0.2) is 16.5 Å². The quantitative estimate of drug-likeness (QED) is 0.868. The predicted molar refractivity (Wildman–Crippen MR) is 82.7 cm³/mol. The molecule has 2 atom stereocenters. The summed E-state index contributed by atoms with van der Waals surface area (Å²) in [5.41, 5.74) is 6.23. The van der Waals surface area contributed by atoms with Crippen LogP contribution < -0.4 is 16.6 Å². The topological polar surface area (TPSA) is 77.1 Å². The van der Waals surface area contributed by atoms with Crippen molar-refractivity contribution in [3.05, 3.63) is 27.1 Å². The number of nitrogens with zero attached hydrogens (tertiary/aromatic N) is 1. The molecule has 1 heterocycles. The van der Waals surface area contributed by atoms with Crippen molar-refractivity contribution >= 4 is 39.9 Å². The lowest BCUT2D eigenvalue weighted by molar-refractivity contribution is -0.118. The Labute approximate surface area is 127 Å². The molecule has 1 amide bonds. The SMILES string of the molecule is CCC(C)C(N)C(=O)Nc1cc(Br)c(=O)n(C)c1.Cl. The monoisotopic (exact) mass is 351 g/mol. The fourth-order valence-corrected chi connectivity index (χ4v) is 2.00. The first-order chi connectivity index (χ1) is 8.36. The van der Waals surface area contributed by atoms with Gasteiger partial charge in [-0.2, -0.15) is 0 Å². The van der Waals surface area contributed by atoms with Crippen LogP contribution in [0, 0.1) is 5.92 Å². The van der Waals surface area contributed by atoms with E-state index >= 15 is 0 Å². The van der Waals surface area contributed by atoms with E-state index < -0.39 is 6.04 Å². The van der Waals surface area contributed by atoms with Gasteiger partial charge in [0.25, 0.3) is 5.56 Å². The lowest BCUT2D eigenvalue weighted by atomic mass is 9.99. The van der Waals surface area contributed by atoms with Gasteiger partial charge in [-0.1, -0.05) is 20.3 Å². The largest absolute Gasteiger partial charge is 0.323 e. The molecule has 0 aromatic carbocycles. The van der Waals surface area contributed by atoms with Crippen LogP contribution in [0.4, 0.5) is 5.69 Å². The van der Waals surface area contributed by atoms with Crippen LogP contribution in [0.15, 0.2) is 21.5 Å². The van der Waals surface area contributed by atoms with Gasteiger partial charge >= 0.3 is 0 Å². The maximum absolute atomic E-state index is 11.9. The van der Waals surface area contributed by atoms with Gasteiger partial charge in [0.1, 0.15) is 0 Å². The number of halogens is 2. The van der Waals surface area contributed by atoms with Crippen LogP contribution >= 0.6 is 28.3 Å². The number of nitrogens with one attached hydrogen (secondary N) is 1. The molecule has 0 aliphatic heterocycles. The molecule has 5 nitrogen and oxygen atoms in total. The predicted octanol–water partition coefficient (Wildman–Crippen LogP) is 1.88. The molecule has 7 heteroatoms. The number of pyridine rings is 1. The molecule has 1 rings (SSSR count). The van der Waals surface area contributed by atoms with E-state index in [0.717, 1.165) is 6.42 Å². The molecule has 1 aromatic rings. The van der Waals surface area contributed by atoms with Crippen molar-refractivity contribution in [3.63, 3.8) is 0 Å². The van der Waals surface area contributed by atoms with E-state index in [-0.39, 0.29) is 29.8 Å². The second-order valence-corrected chi connectivity index (χ2v) is 5.25. The van der Waals surface area contributed by atoms with Crippen molar-refractivity contribution in [1.29, 1.82) is 0 Å². The molecule has 1 aromatic heterocycles. The molecule has 3 N–H and O–H groups in total. The number of aryl methyl sites for hydroxylation is 1. The fourth-order valence-electron chi connectivity index (χ4n) is 1.48. The van der Waals surface area contributed by atoms with Gasteiger partial charge in [0.15, 0.2) is 0 Å². The Morgan fingerprint density at radius 2 is 2.16 bits per heavy atom. The van der Waals surface area contributed by atoms with Gasteiger partial charge in [-0.25, -0.2) is 0 Å². The number of hydrogen-bond donors (Lipinski definition) is 2. The molecular weight excluding hydrogens is 334 g/mol. The third-order valence-corrected chi connectivity index (χ3v) is 3.54. The Kier molecular flexibility index (Phi) is 7.33. The Balaban J connectivity index is 0.00000324. The van der Waals surface area contributed by atoms with Gasteiger partial charge in [0.2, 0.25) is 5.91 Å². The first kappa shape index (κ1) is 18.1. The minimum absolute atomic E-state index is 0. The van der Waals surface area contributed by atoms with Gasteiger partial charge in [-0.05, 0) is 27.9 Å². The number of rotatable bonds is 4. The van der Waals surface area contributed by atoms with Crippen LogP contribution in [0.5, 0.6) is 0 Å². The van der Waals surface area contributed by atoms with E-state index in [1.54, 1.807) is 19.3 Å². The molecule has 19 heavy (non-hydrogen) atoms. The van der Waals surface area contributed by atoms with Crippen molar-refractivity contribution in [1.82, 2.24) is 4.57 Å². The summed E-state index contributed by atoms with van der Waals surface area (Å²) >= 11 is 3.15. The van der Waals surface area contributed by atoms with E-state index in [1.165, 1.54) is 4.57 Å². The van der Waals surface area contributed by atoms with E-state index in [9.17, 15) is 9.59 Å². The maximum atomic E-state index is 11.9. The summed E-state index contributed by atoms with van der Waals surface area (Å²) in [6, 6.07) is 1.02. The number of hydrogen-bond acceptors (Lipinski definition) is 3.